The van der Waals surface area contributed by atoms with Crippen molar-refractivity contribution in [3.63, 3.8) is 0 Å². The van der Waals surface area contributed by atoms with Crippen molar-refractivity contribution in [2.24, 2.45) is 17.1 Å². The minimum atomic E-state index is -0.207. The Bertz CT molecular complexity index is 307. The molecule has 0 bridgehead atoms. The fraction of sp³-hybridized carbons (Fsp3) is 0.929. The third-order valence-corrected chi connectivity index (χ3v) is 4.30. The summed E-state index contributed by atoms with van der Waals surface area (Å²) in [5.74, 6) is 0.521. The monoisotopic (exact) mass is 253 g/mol. The van der Waals surface area contributed by atoms with Crippen LogP contribution in [0.15, 0.2) is 0 Å². The second-order valence-corrected chi connectivity index (χ2v) is 7.01. The van der Waals surface area contributed by atoms with Crippen LogP contribution < -0.4 is 11.1 Å². The zero-order chi connectivity index (χ0) is 13.3. The van der Waals surface area contributed by atoms with Gasteiger partial charge in [0.1, 0.15) is 0 Å². The Labute approximate surface area is 110 Å². The van der Waals surface area contributed by atoms with Crippen LogP contribution in [0.3, 0.4) is 0 Å². The Morgan fingerprint density at radius 1 is 1.39 bits per heavy atom. The van der Waals surface area contributed by atoms with Crippen LogP contribution in [0.25, 0.3) is 0 Å². The lowest BCUT2D eigenvalue weighted by molar-refractivity contribution is -0.120. The number of nitrogens with one attached hydrogen (secondary N) is 1. The number of likely N-dealkylation sites (tertiary alicyclic amines) is 1. The lowest BCUT2D eigenvalue weighted by atomic mass is 9.80. The Balaban J connectivity index is 1.83. The molecule has 1 amide bonds. The van der Waals surface area contributed by atoms with Gasteiger partial charge < -0.3 is 16.0 Å². The van der Waals surface area contributed by atoms with Crippen molar-refractivity contribution < 1.29 is 4.79 Å². The van der Waals surface area contributed by atoms with Crippen molar-refractivity contribution in [3.8, 4) is 0 Å². The smallest absolute Gasteiger partial charge is 0.235 e. The number of amides is 1. The van der Waals surface area contributed by atoms with E-state index in [0.29, 0.717) is 11.5 Å². The number of carbonyl (C=O) groups excluding carboxylic acids is 1. The molecule has 18 heavy (non-hydrogen) atoms. The van der Waals surface area contributed by atoms with Gasteiger partial charge in [0.2, 0.25) is 5.91 Å². The highest BCUT2D eigenvalue weighted by Gasteiger charge is 2.34. The van der Waals surface area contributed by atoms with Crippen LogP contribution in [0.5, 0.6) is 0 Å². The number of primary amides is 1. The number of hydrogen-bond acceptors (Lipinski definition) is 3. The number of nitrogens with two attached hydrogens (primary N) is 1. The van der Waals surface area contributed by atoms with E-state index in [1.807, 2.05) is 0 Å². The highest BCUT2D eigenvalue weighted by molar-refractivity contribution is 5.80. The van der Waals surface area contributed by atoms with E-state index in [0.717, 1.165) is 25.6 Å². The molecule has 2 atom stereocenters. The molecule has 0 aromatic rings. The molecule has 104 valence electrons. The van der Waals surface area contributed by atoms with Gasteiger partial charge >= 0.3 is 0 Å². The average Bonchev–Trinajstić information content (AvgIpc) is 2.91. The van der Waals surface area contributed by atoms with Crippen LogP contribution >= 0.6 is 0 Å². The zero-order valence-electron chi connectivity index (χ0n) is 11.9. The summed E-state index contributed by atoms with van der Waals surface area (Å²) in [6.45, 7) is 9.87. The molecule has 1 aliphatic heterocycles. The molecule has 3 N–H and O–H groups in total. The highest BCUT2D eigenvalue weighted by atomic mass is 16.1. The second-order valence-electron chi connectivity index (χ2n) is 7.01. The van der Waals surface area contributed by atoms with Crippen LogP contribution in [0.1, 0.15) is 40.0 Å². The van der Waals surface area contributed by atoms with E-state index in [4.69, 9.17) is 5.73 Å². The van der Waals surface area contributed by atoms with Gasteiger partial charge in [-0.1, -0.05) is 20.8 Å². The van der Waals surface area contributed by atoms with Gasteiger partial charge in [0.15, 0.2) is 0 Å². The Hall–Kier alpha value is -0.610. The van der Waals surface area contributed by atoms with Gasteiger partial charge in [-0.2, -0.15) is 0 Å². The van der Waals surface area contributed by atoms with Gasteiger partial charge in [0.25, 0.3) is 0 Å². The van der Waals surface area contributed by atoms with Gasteiger partial charge in [-0.15, -0.1) is 0 Å². The quantitative estimate of drug-likeness (QED) is 0.767. The predicted molar refractivity (Wildman–Crippen MR) is 73.1 cm³/mol. The van der Waals surface area contributed by atoms with Crippen LogP contribution in [0.2, 0.25) is 0 Å². The van der Waals surface area contributed by atoms with E-state index in [2.05, 4.69) is 31.0 Å². The summed E-state index contributed by atoms with van der Waals surface area (Å²) in [5.41, 5.74) is 5.85. The molecular formula is C14H27N3O. The highest BCUT2D eigenvalue weighted by Crippen LogP contribution is 2.33. The second kappa shape index (κ2) is 5.17. The van der Waals surface area contributed by atoms with Gasteiger partial charge in [-0.25, -0.2) is 0 Å². The largest absolute Gasteiger partial charge is 0.368 e. The third kappa shape index (κ3) is 3.69. The molecule has 0 aromatic heterocycles. The Morgan fingerprint density at radius 2 is 2.06 bits per heavy atom. The number of nitrogens with zero attached hydrogens (tertiary/aromatic N) is 1. The Morgan fingerprint density at radius 3 is 2.50 bits per heavy atom. The molecule has 1 heterocycles. The molecule has 2 rings (SSSR count). The summed E-state index contributed by atoms with van der Waals surface area (Å²) in [4.78, 5) is 13.9. The van der Waals surface area contributed by atoms with Gasteiger partial charge in [-0.3, -0.25) is 4.79 Å². The number of rotatable bonds is 5. The zero-order valence-corrected chi connectivity index (χ0v) is 11.9. The lowest BCUT2D eigenvalue weighted by Gasteiger charge is -2.28. The summed E-state index contributed by atoms with van der Waals surface area (Å²) in [6.07, 6.45) is 3.61. The minimum Gasteiger partial charge on any atom is -0.368 e. The van der Waals surface area contributed by atoms with Crippen LogP contribution in [-0.2, 0) is 4.79 Å². The molecule has 0 spiro atoms. The fourth-order valence-corrected chi connectivity index (χ4v) is 2.72. The predicted octanol–water partition coefficient (Wildman–Crippen LogP) is 0.960. The van der Waals surface area contributed by atoms with Crippen molar-refractivity contribution in [1.82, 2.24) is 10.2 Å². The van der Waals surface area contributed by atoms with Crippen molar-refractivity contribution in [2.75, 3.05) is 19.6 Å². The molecule has 1 saturated carbocycles. The molecule has 0 radical (unpaired) electrons. The molecule has 0 aromatic carbocycles. The summed E-state index contributed by atoms with van der Waals surface area (Å²) in [7, 11) is 0. The minimum absolute atomic E-state index is 0.170. The maximum absolute atomic E-state index is 11.5. The van der Waals surface area contributed by atoms with Crippen molar-refractivity contribution in [3.05, 3.63) is 0 Å². The lowest BCUT2D eigenvalue weighted by Crippen LogP contribution is -2.49. The Kier molecular flexibility index (Phi) is 3.97. The first-order valence-electron chi connectivity index (χ1n) is 7.14. The van der Waals surface area contributed by atoms with E-state index in [-0.39, 0.29) is 11.9 Å². The number of carbonyl (C=O) groups is 1. The van der Waals surface area contributed by atoms with Crippen molar-refractivity contribution >= 4 is 5.91 Å². The van der Waals surface area contributed by atoms with Crippen molar-refractivity contribution in [1.29, 1.82) is 0 Å². The summed E-state index contributed by atoms with van der Waals surface area (Å²) < 4.78 is 0. The van der Waals surface area contributed by atoms with E-state index in [9.17, 15) is 4.79 Å². The van der Waals surface area contributed by atoms with Gasteiger partial charge in [-0.05, 0) is 37.1 Å². The summed E-state index contributed by atoms with van der Waals surface area (Å²) in [5, 5.41) is 3.35. The normalized spacial score (nSPS) is 27.4. The van der Waals surface area contributed by atoms with Crippen LogP contribution in [-0.4, -0.2) is 42.5 Å². The maximum Gasteiger partial charge on any atom is 0.235 e. The standard InChI is InChI=1S/C14H27N3O/c1-14(2,3)10-6-7-17(8-10)9-12(13(15)18)16-11-4-5-11/h10-12,16H,4-9H2,1-3H3,(H2,15,18). The molecule has 2 fully saturated rings. The van der Waals surface area contributed by atoms with E-state index in [1.54, 1.807) is 0 Å². The first kappa shape index (κ1) is 13.8. The molecule has 4 heteroatoms. The van der Waals surface area contributed by atoms with Crippen molar-refractivity contribution in [2.45, 2.75) is 52.1 Å². The van der Waals surface area contributed by atoms with Gasteiger partial charge in [0, 0.05) is 19.1 Å². The third-order valence-electron chi connectivity index (χ3n) is 4.30. The average molecular weight is 253 g/mol. The van der Waals surface area contributed by atoms with Gasteiger partial charge in [0.05, 0.1) is 6.04 Å². The SMILES string of the molecule is CC(C)(C)C1CCN(CC(NC2CC2)C(N)=O)C1. The number of hydrogen-bond donors (Lipinski definition) is 2. The topological polar surface area (TPSA) is 58.4 Å². The first-order valence-corrected chi connectivity index (χ1v) is 7.14. The summed E-state index contributed by atoms with van der Waals surface area (Å²) in [6, 6.07) is 0.361. The fourth-order valence-electron chi connectivity index (χ4n) is 2.72. The van der Waals surface area contributed by atoms with E-state index >= 15 is 0 Å². The van der Waals surface area contributed by atoms with E-state index < -0.39 is 0 Å². The first-order chi connectivity index (χ1) is 8.36. The van der Waals surface area contributed by atoms with Crippen LogP contribution in [0.4, 0.5) is 0 Å². The molecular weight excluding hydrogens is 226 g/mol. The summed E-state index contributed by atoms with van der Waals surface area (Å²) >= 11 is 0. The molecule has 2 unspecified atom stereocenters. The molecule has 2 aliphatic rings. The molecule has 1 aliphatic carbocycles. The molecule has 4 nitrogen and oxygen atoms in total. The van der Waals surface area contributed by atoms with Crippen LogP contribution in [0, 0.1) is 11.3 Å². The maximum atomic E-state index is 11.5. The molecule has 1 saturated heterocycles. The van der Waals surface area contributed by atoms with E-state index in [1.165, 1.54) is 19.3 Å².